The molecule has 0 unspecified atom stereocenters. The number of ether oxygens (including phenoxy) is 1. The molecule has 0 saturated carbocycles. The summed E-state index contributed by atoms with van der Waals surface area (Å²) in [7, 11) is 1.74. The predicted molar refractivity (Wildman–Crippen MR) is 110 cm³/mol. The molecule has 0 fully saturated rings. The number of nitrogens with zero attached hydrogens (tertiary/aromatic N) is 2. The van der Waals surface area contributed by atoms with Gasteiger partial charge in [-0.1, -0.05) is 41.4 Å². The molecule has 146 valence electrons. The van der Waals surface area contributed by atoms with E-state index < -0.39 is 0 Å². The Kier molecular flexibility index (Phi) is 6.95. The summed E-state index contributed by atoms with van der Waals surface area (Å²) in [6, 6.07) is 14.6. The summed E-state index contributed by atoms with van der Waals surface area (Å²) in [4.78, 5) is 18.2. The Morgan fingerprint density at radius 2 is 2.00 bits per heavy atom. The Labute approximate surface area is 173 Å². The van der Waals surface area contributed by atoms with Gasteiger partial charge in [0.15, 0.2) is 11.7 Å². The number of halogens is 2. The Hall–Kier alpha value is -2.50. The van der Waals surface area contributed by atoms with Crippen molar-refractivity contribution in [1.82, 2.24) is 9.88 Å². The molecule has 1 aromatic heterocycles. The maximum Gasteiger partial charge on any atom is 0.222 e. The van der Waals surface area contributed by atoms with E-state index in [4.69, 9.17) is 32.4 Å². The van der Waals surface area contributed by atoms with Gasteiger partial charge in [-0.2, -0.15) is 0 Å². The summed E-state index contributed by atoms with van der Waals surface area (Å²) < 4.78 is 11.3. The van der Waals surface area contributed by atoms with E-state index in [1.807, 2.05) is 30.3 Å². The Bertz CT molecular complexity index is 943. The number of likely N-dealkylation sites (N-methyl/N-ethyl adjacent to an activating group) is 1. The second kappa shape index (κ2) is 9.62. The molecule has 1 heterocycles. The SMILES string of the molecule is CN(CCOc1cccc(Cl)c1)C(=O)CCc1ncc(-c2ccccc2Cl)o1. The first-order chi connectivity index (χ1) is 13.5. The molecule has 3 rings (SSSR count). The van der Waals surface area contributed by atoms with Crippen LogP contribution >= 0.6 is 23.2 Å². The van der Waals surface area contributed by atoms with E-state index in [2.05, 4.69) is 4.98 Å². The molecule has 0 aliphatic heterocycles. The summed E-state index contributed by atoms with van der Waals surface area (Å²) >= 11 is 12.1. The molecule has 0 spiro atoms. The number of oxazole rings is 1. The van der Waals surface area contributed by atoms with Gasteiger partial charge in [0, 0.05) is 30.5 Å². The van der Waals surface area contributed by atoms with Crippen molar-refractivity contribution in [2.75, 3.05) is 20.2 Å². The summed E-state index contributed by atoms with van der Waals surface area (Å²) in [6.07, 6.45) is 2.35. The first kappa shape index (κ1) is 20.2. The third kappa shape index (κ3) is 5.50. The van der Waals surface area contributed by atoms with Crippen molar-refractivity contribution >= 4 is 29.1 Å². The van der Waals surface area contributed by atoms with Crippen molar-refractivity contribution < 1.29 is 13.9 Å². The quantitative estimate of drug-likeness (QED) is 0.509. The molecule has 7 heteroatoms. The summed E-state index contributed by atoms with van der Waals surface area (Å²) in [5.74, 6) is 1.77. The van der Waals surface area contributed by atoms with Crippen LogP contribution in [0.4, 0.5) is 0 Å². The van der Waals surface area contributed by atoms with Gasteiger partial charge < -0.3 is 14.1 Å². The maximum atomic E-state index is 12.3. The van der Waals surface area contributed by atoms with Crippen LogP contribution in [0, 0.1) is 0 Å². The van der Waals surface area contributed by atoms with E-state index in [0.717, 1.165) is 5.56 Å². The molecule has 0 saturated heterocycles. The van der Waals surface area contributed by atoms with Crippen molar-refractivity contribution in [2.24, 2.45) is 0 Å². The Morgan fingerprint density at radius 3 is 2.79 bits per heavy atom. The molecule has 1 amide bonds. The van der Waals surface area contributed by atoms with E-state index in [9.17, 15) is 4.79 Å². The zero-order valence-electron chi connectivity index (χ0n) is 15.4. The number of amides is 1. The molecule has 5 nitrogen and oxygen atoms in total. The van der Waals surface area contributed by atoms with Crippen molar-refractivity contribution in [3.8, 4) is 17.1 Å². The van der Waals surface area contributed by atoms with Gasteiger partial charge in [0.2, 0.25) is 5.91 Å². The predicted octanol–water partition coefficient (Wildman–Crippen LogP) is 5.12. The molecule has 0 radical (unpaired) electrons. The third-order valence-corrected chi connectivity index (χ3v) is 4.73. The maximum absolute atomic E-state index is 12.3. The number of hydrogen-bond acceptors (Lipinski definition) is 4. The number of benzene rings is 2. The molecule has 2 aromatic carbocycles. The van der Waals surface area contributed by atoms with Gasteiger partial charge in [-0.15, -0.1) is 0 Å². The molecule has 0 N–H and O–H groups in total. The topological polar surface area (TPSA) is 55.6 Å². The lowest BCUT2D eigenvalue weighted by atomic mass is 10.2. The minimum Gasteiger partial charge on any atom is -0.492 e. The number of hydrogen-bond donors (Lipinski definition) is 0. The van der Waals surface area contributed by atoms with E-state index in [1.165, 1.54) is 0 Å². The highest BCUT2D eigenvalue weighted by molar-refractivity contribution is 6.33. The van der Waals surface area contributed by atoms with Crippen molar-refractivity contribution in [1.29, 1.82) is 0 Å². The largest absolute Gasteiger partial charge is 0.492 e. The highest BCUT2D eigenvalue weighted by Crippen LogP contribution is 2.28. The fourth-order valence-corrected chi connectivity index (χ4v) is 3.01. The highest BCUT2D eigenvalue weighted by atomic mass is 35.5. The van der Waals surface area contributed by atoms with Crippen molar-refractivity contribution in [3.63, 3.8) is 0 Å². The lowest BCUT2D eigenvalue weighted by molar-refractivity contribution is -0.130. The zero-order chi connectivity index (χ0) is 19.9. The van der Waals surface area contributed by atoms with Gasteiger partial charge >= 0.3 is 0 Å². The first-order valence-corrected chi connectivity index (χ1v) is 9.60. The van der Waals surface area contributed by atoms with E-state index in [1.54, 1.807) is 36.3 Å². The Morgan fingerprint density at radius 1 is 1.18 bits per heavy atom. The van der Waals surface area contributed by atoms with Crippen LogP contribution in [-0.2, 0) is 11.2 Å². The molecule has 3 aromatic rings. The zero-order valence-corrected chi connectivity index (χ0v) is 16.9. The smallest absolute Gasteiger partial charge is 0.222 e. The van der Waals surface area contributed by atoms with Crippen LogP contribution in [0.2, 0.25) is 10.0 Å². The van der Waals surface area contributed by atoms with Crippen LogP contribution in [0.15, 0.2) is 59.1 Å². The van der Waals surface area contributed by atoms with Gasteiger partial charge in [-0.05, 0) is 30.3 Å². The number of carbonyl (C=O) groups is 1. The second-order valence-corrected chi connectivity index (χ2v) is 7.06. The molecule has 0 bridgehead atoms. The lowest BCUT2D eigenvalue weighted by Gasteiger charge is -2.17. The summed E-state index contributed by atoms with van der Waals surface area (Å²) in [5.41, 5.74) is 0.782. The molecule has 28 heavy (non-hydrogen) atoms. The van der Waals surface area contributed by atoms with Gasteiger partial charge in [-0.3, -0.25) is 4.79 Å². The molecule has 0 aliphatic rings. The number of aromatic nitrogens is 1. The van der Waals surface area contributed by atoms with E-state index in [-0.39, 0.29) is 5.91 Å². The van der Waals surface area contributed by atoms with Gasteiger partial charge in [0.25, 0.3) is 0 Å². The van der Waals surface area contributed by atoms with Crippen LogP contribution in [-0.4, -0.2) is 36.0 Å². The van der Waals surface area contributed by atoms with Crippen LogP contribution in [0.3, 0.4) is 0 Å². The van der Waals surface area contributed by atoms with Gasteiger partial charge in [-0.25, -0.2) is 4.98 Å². The minimum absolute atomic E-state index is 0.00723. The molecular weight excluding hydrogens is 399 g/mol. The van der Waals surface area contributed by atoms with Crippen LogP contribution in [0.5, 0.6) is 5.75 Å². The highest BCUT2D eigenvalue weighted by Gasteiger charge is 2.13. The second-order valence-electron chi connectivity index (χ2n) is 6.22. The first-order valence-electron chi connectivity index (χ1n) is 8.85. The molecular formula is C21H20Cl2N2O3. The average molecular weight is 419 g/mol. The Balaban J connectivity index is 1.45. The van der Waals surface area contributed by atoms with E-state index >= 15 is 0 Å². The minimum atomic E-state index is -0.00723. The summed E-state index contributed by atoms with van der Waals surface area (Å²) in [6.45, 7) is 0.861. The monoisotopic (exact) mass is 418 g/mol. The van der Waals surface area contributed by atoms with Crippen LogP contribution < -0.4 is 4.74 Å². The fourth-order valence-electron chi connectivity index (χ4n) is 2.60. The summed E-state index contributed by atoms with van der Waals surface area (Å²) in [5, 5.41) is 1.21. The number of carbonyl (C=O) groups excluding carboxylic acids is 1. The number of rotatable bonds is 8. The average Bonchev–Trinajstić information content (AvgIpc) is 3.15. The van der Waals surface area contributed by atoms with Crippen LogP contribution in [0.1, 0.15) is 12.3 Å². The van der Waals surface area contributed by atoms with Crippen molar-refractivity contribution in [3.05, 3.63) is 70.7 Å². The standard InChI is InChI=1S/C21H20Cl2N2O3/c1-25(11-12-27-16-6-4-5-15(22)13-16)21(26)10-9-20-24-14-19(28-20)17-7-2-3-8-18(17)23/h2-8,13-14H,9-12H2,1H3. The number of aryl methyl sites for hydroxylation is 1. The third-order valence-electron chi connectivity index (χ3n) is 4.16. The normalized spacial score (nSPS) is 10.7. The molecule has 0 atom stereocenters. The fraction of sp³-hybridized carbons (Fsp3) is 0.238. The van der Waals surface area contributed by atoms with Crippen LogP contribution in [0.25, 0.3) is 11.3 Å². The lowest BCUT2D eigenvalue weighted by Crippen LogP contribution is -2.31. The van der Waals surface area contributed by atoms with E-state index in [0.29, 0.717) is 53.4 Å². The molecule has 0 aliphatic carbocycles. The van der Waals surface area contributed by atoms with Gasteiger partial charge in [0.1, 0.15) is 12.4 Å². The van der Waals surface area contributed by atoms with Gasteiger partial charge in [0.05, 0.1) is 17.8 Å². The van der Waals surface area contributed by atoms with Crippen molar-refractivity contribution in [2.45, 2.75) is 12.8 Å².